The van der Waals surface area contributed by atoms with Crippen molar-refractivity contribution in [3.63, 3.8) is 0 Å². The van der Waals surface area contributed by atoms with Gasteiger partial charge in [0.2, 0.25) is 0 Å². The summed E-state index contributed by atoms with van der Waals surface area (Å²) in [6.07, 6.45) is 0. The Kier molecular flexibility index (Phi) is 6.57. The van der Waals surface area contributed by atoms with Gasteiger partial charge in [-0.25, -0.2) is 0 Å². The number of phenols is 2. The molecule has 2 aromatic rings. The first kappa shape index (κ1) is 22.1. The third-order valence-electron chi connectivity index (χ3n) is 4.60. The van der Waals surface area contributed by atoms with Gasteiger partial charge in [0.1, 0.15) is 11.5 Å². The highest BCUT2D eigenvalue weighted by atomic mass is 16.3. The first-order chi connectivity index (χ1) is 11.6. The molecule has 0 fully saturated rings. The second-order valence-corrected chi connectivity index (χ2v) is 9.43. The maximum Gasteiger partial charge on any atom is 0.122 e. The van der Waals surface area contributed by atoms with Gasteiger partial charge in [0.25, 0.3) is 0 Å². The van der Waals surface area contributed by atoms with Crippen LogP contribution in [0.3, 0.4) is 0 Å². The molecule has 0 atom stereocenters. The van der Waals surface area contributed by atoms with E-state index in [1.54, 1.807) is 0 Å². The largest absolute Gasteiger partial charge is 0.508 e. The fourth-order valence-corrected chi connectivity index (χ4v) is 3.14. The molecular formula is C24H36O2. The highest BCUT2D eigenvalue weighted by molar-refractivity contribution is 5.46. The molecule has 0 aliphatic heterocycles. The molecule has 2 heteroatoms. The van der Waals surface area contributed by atoms with Gasteiger partial charge in [-0.15, -0.1) is 0 Å². The van der Waals surface area contributed by atoms with Gasteiger partial charge in [0.05, 0.1) is 0 Å². The van der Waals surface area contributed by atoms with E-state index in [0.717, 1.165) is 22.3 Å². The van der Waals surface area contributed by atoms with E-state index in [2.05, 4.69) is 60.6 Å². The van der Waals surface area contributed by atoms with E-state index in [-0.39, 0.29) is 10.8 Å². The minimum Gasteiger partial charge on any atom is -0.508 e. The second-order valence-electron chi connectivity index (χ2n) is 9.43. The molecule has 0 spiro atoms. The van der Waals surface area contributed by atoms with Crippen LogP contribution in [0.25, 0.3) is 0 Å². The van der Waals surface area contributed by atoms with Crippen LogP contribution < -0.4 is 0 Å². The van der Waals surface area contributed by atoms with Crippen LogP contribution in [0.4, 0.5) is 0 Å². The van der Waals surface area contributed by atoms with Gasteiger partial charge in [-0.1, -0.05) is 65.3 Å². The van der Waals surface area contributed by atoms with Crippen LogP contribution in [0.15, 0.2) is 24.3 Å². The molecule has 0 aliphatic rings. The molecule has 2 N–H and O–H groups in total. The third-order valence-corrected chi connectivity index (χ3v) is 4.60. The molecule has 0 bridgehead atoms. The fraction of sp³-hybridized carbons (Fsp3) is 0.500. The van der Waals surface area contributed by atoms with E-state index < -0.39 is 0 Å². The van der Waals surface area contributed by atoms with E-state index in [4.69, 9.17) is 0 Å². The van der Waals surface area contributed by atoms with Gasteiger partial charge in [-0.2, -0.15) is 0 Å². The first-order valence-electron chi connectivity index (χ1n) is 9.26. The predicted octanol–water partition coefficient (Wildman–Crippen LogP) is 6.61. The average Bonchev–Trinajstić information content (AvgIpc) is 2.45. The van der Waals surface area contributed by atoms with Gasteiger partial charge in [0, 0.05) is 0 Å². The minimum absolute atomic E-state index is 0.0147. The maximum absolute atomic E-state index is 9.86. The van der Waals surface area contributed by atoms with E-state index in [0.29, 0.717) is 11.5 Å². The van der Waals surface area contributed by atoms with Crippen molar-refractivity contribution in [2.45, 2.75) is 80.1 Å². The van der Waals surface area contributed by atoms with Crippen molar-refractivity contribution in [1.29, 1.82) is 0 Å². The summed E-state index contributed by atoms with van der Waals surface area (Å²) in [6, 6.07) is 7.98. The second kappa shape index (κ2) is 7.73. The minimum atomic E-state index is 0.0147. The van der Waals surface area contributed by atoms with Crippen molar-refractivity contribution in [1.82, 2.24) is 0 Å². The van der Waals surface area contributed by atoms with Gasteiger partial charge in [0.15, 0.2) is 0 Å². The Bertz CT molecular complexity index is 772. The molecule has 0 aromatic heterocycles. The lowest BCUT2D eigenvalue weighted by Crippen LogP contribution is -2.13. The van der Waals surface area contributed by atoms with Crippen molar-refractivity contribution in [3.05, 3.63) is 57.6 Å². The number of hydrogen-bond acceptors (Lipinski definition) is 2. The molecule has 0 saturated heterocycles. The van der Waals surface area contributed by atoms with Crippen molar-refractivity contribution in [2.24, 2.45) is 0 Å². The highest BCUT2D eigenvalue weighted by Gasteiger charge is 2.19. The Morgan fingerprint density at radius 2 is 1.08 bits per heavy atom. The molecule has 2 rings (SSSR count). The molecule has 144 valence electrons. The summed E-state index contributed by atoms with van der Waals surface area (Å²) in [5.74, 6) is 0.837. The molecule has 0 amide bonds. The van der Waals surface area contributed by atoms with Crippen LogP contribution in [-0.2, 0) is 10.8 Å². The Balaban J connectivity index is 0.000000260. The van der Waals surface area contributed by atoms with Crippen LogP contribution in [0.2, 0.25) is 0 Å². The van der Waals surface area contributed by atoms with E-state index in [1.165, 1.54) is 11.1 Å². The quantitative estimate of drug-likeness (QED) is 0.557. The Morgan fingerprint density at radius 1 is 0.577 bits per heavy atom. The van der Waals surface area contributed by atoms with E-state index in [1.807, 2.05) is 32.9 Å². The molecule has 2 nitrogen and oxygen atoms in total. The molecule has 0 radical (unpaired) electrons. The predicted molar refractivity (Wildman–Crippen MR) is 113 cm³/mol. The number of hydrogen-bond donors (Lipinski definition) is 2. The summed E-state index contributed by atoms with van der Waals surface area (Å²) in [5.41, 5.74) is 6.80. The van der Waals surface area contributed by atoms with Crippen LogP contribution >= 0.6 is 0 Å². The standard InChI is InChI=1S/2C12H18O/c1-8-7-11(13)9(2)6-10(8)12(3,4)5;1-8-6-9(2)11(13)10(7-8)12(3,4)5/h2*6-7,13H,1-5H3. The average molecular weight is 357 g/mol. The monoisotopic (exact) mass is 356 g/mol. The molecule has 0 heterocycles. The SMILES string of the molecule is Cc1cc(C(C)(C)C)c(C)cc1O.Cc1cc(C)c(O)c(C(C)(C)C)c1. The third kappa shape index (κ3) is 5.52. The zero-order valence-corrected chi connectivity index (χ0v) is 18.2. The molecule has 26 heavy (non-hydrogen) atoms. The lowest BCUT2D eigenvalue weighted by atomic mass is 9.83. The normalized spacial score (nSPS) is 11.8. The zero-order chi connectivity index (χ0) is 20.4. The van der Waals surface area contributed by atoms with Crippen molar-refractivity contribution < 1.29 is 10.2 Å². The van der Waals surface area contributed by atoms with E-state index >= 15 is 0 Å². The number of rotatable bonds is 0. The van der Waals surface area contributed by atoms with Crippen LogP contribution in [0, 0.1) is 27.7 Å². The summed E-state index contributed by atoms with van der Waals surface area (Å²) in [7, 11) is 0. The van der Waals surface area contributed by atoms with Crippen molar-refractivity contribution >= 4 is 0 Å². The summed E-state index contributed by atoms with van der Waals surface area (Å²) in [6.45, 7) is 20.9. The Labute approximate surface area is 159 Å². The summed E-state index contributed by atoms with van der Waals surface area (Å²) >= 11 is 0. The summed E-state index contributed by atoms with van der Waals surface area (Å²) in [5, 5.41) is 19.3. The molecule has 2 aromatic carbocycles. The van der Waals surface area contributed by atoms with Crippen LogP contribution in [0.5, 0.6) is 11.5 Å². The number of benzene rings is 2. The Morgan fingerprint density at radius 3 is 1.54 bits per heavy atom. The number of aromatic hydroxyl groups is 2. The van der Waals surface area contributed by atoms with Crippen molar-refractivity contribution in [3.8, 4) is 11.5 Å². The molecular weight excluding hydrogens is 320 g/mol. The van der Waals surface area contributed by atoms with Gasteiger partial charge in [-0.3, -0.25) is 0 Å². The highest BCUT2D eigenvalue weighted by Crippen LogP contribution is 2.33. The summed E-state index contributed by atoms with van der Waals surface area (Å²) in [4.78, 5) is 0. The molecule has 0 saturated carbocycles. The number of aryl methyl sites for hydroxylation is 4. The van der Waals surface area contributed by atoms with Gasteiger partial charge < -0.3 is 10.2 Å². The lowest BCUT2D eigenvalue weighted by Gasteiger charge is -2.22. The van der Waals surface area contributed by atoms with Gasteiger partial charge >= 0.3 is 0 Å². The van der Waals surface area contributed by atoms with Crippen LogP contribution in [-0.4, -0.2) is 10.2 Å². The van der Waals surface area contributed by atoms with Gasteiger partial charge in [-0.05, 0) is 72.4 Å². The molecule has 0 aliphatic carbocycles. The topological polar surface area (TPSA) is 40.5 Å². The molecule has 0 unspecified atom stereocenters. The first-order valence-corrected chi connectivity index (χ1v) is 9.26. The lowest BCUT2D eigenvalue weighted by molar-refractivity contribution is 0.442. The van der Waals surface area contributed by atoms with Crippen molar-refractivity contribution in [2.75, 3.05) is 0 Å². The maximum atomic E-state index is 9.86. The Hall–Kier alpha value is -1.96. The smallest absolute Gasteiger partial charge is 0.122 e. The fourth-order valence-electron chi connectivity index (χ4n) is 3.14. The number of phenolic OH excluding ortho intramolecular Hbond substituents is 2. The zero-order valence-electron chi connectivity index (χ0n) is 18.2. The summed E-state index contributed by atoms with van der Waals surface area (Å²) < 4.78 is 0. The van der Waals surface area contributed by atoms with Crippen LogP contribution in [0.1, 0.15) is 74.9 Å². The van der Waals surface area contributed by atoms with E-state index in [9.17, 15) is 10.2 Å².